The highest BCUT2D eigenvalue weighted by Gasteiger charge is 2.17. The lowest BCUT2D eigenvalue weighted by atomic mass is 10.1. The highest BCUT2D eigenvalue weighted by atomic mass is 16.6. The third kappa shape index (κ3) is 8.12. The second kappa shape index (κ2) is 10.1. The minimum atomic E-state index is -0.533. The Hall–Kier alpha value is -1.95. The fourth-order valence-electron chi connectivity index (χ4n) is 2.00. The Labute approximate surface area is 151 Å². The van der Waals surface area contributed by atoms with Gasteiger partial charge in [-0.15, -0.1) is 0 Å². The summed E-state index contributed by atoms with van der Waals surface area (Å²) in [4.78, 5) is 11.7. The van der Waals surface area contributed by atoms with Gasteiger partial charge >= 0.3 is 6.09 Å². The maximum absolute atomic E-state index is 11.7. The molecule has 1 aromatic carbocycles. The van der Waals surface area contributed by atoms with E-state index in [9.17, 15) is 4.79 Å². The van der Waals surface area contributed by atoms with Crippen LogP contribution in [0.4, 0.5) is 4.79 Å². The molecule has 6 heteroatoms. The minimum Gasteiger partial charge on any atom is -0.490 e. The summed E-state index contributed by atoms with van der Waals surface area (Å²) in [5.41, 5.74) is 5.96. The van der Waals surface area contributed by atoms with Crippen molar-refractivity contribution in [2.75, 3.05) is 13.2 Å². The molecule has 1 atom stereocenters. The first-order valence-corrected chi connectivity index (χ1v) is 8.90. The van der Waals surface area contributed by atoms with E-state index >= 15 is 0 Å². The largest absolute Gasteiger partial charge is 0.490 e. The molecule has 142 valence electrons. The number of carbonyl (C=O) groups is 1. The first kappa shape index (κ1) is 21.1. The lowest BCUT2D eigenvalue weighted by Crippen LogP contribution is -2.42. The Morgan fingerprint density at radius 1 is 1.08 bits per heavy atom. The second-order valence-electron chi connectivity index (χ2n) is 6.90. The van der Waals surface area contributed by atoms with Gasteiger partial charge in [-0.3, -0.25) is 5.43 Å². The van der Waals surface area contributed by atoms with Gasteiger partial charge in [0.25, 0.3) is 0 Å². The van der Waals surface area contributed by atoms with Crippen molar-refractivity contribution in [3.05, 3.63) is 23.8 Å². The molecule has 1 rings (SSSR count). The van der Waals surface area contributed by atoms with Crippen LogP contribution in [-0.4, -0.2) is 24.9 Å². The van der Waals surface area contributed by atoms with E-state index in [4.69, 9.17) is 14.2 Å². The van der Waals surface area contributed by atoms with E-state index in [1.54, 1.807) is 0 Å². The van der Waals surface area contributed by atoms with Crippen LogP contribution in [0.15, 0.2) is 18.2 Å². The highest BCUT2D eigenvalue weighted by Crippen LogP contribution is 2.31. The summed E-state index contributed by atoms with van der Waals surface area (Å²) in [6.07, 6.45) is 1.35. The van der Waals surface area contributed by atoms with E-state index in [2.05, 4.69) is 24.7 Å². The van der Waals surface area contributed by atoms with Crippen molar-refractivity contribution in [3.8, 4) is 11.5 Å². The van der Waals surface area contributed by atoms with Gasteiger partial charge < -0.3 is 14.2 Å². The van der Waals surface area contributed by atoms with Crippen LogP contribution in [0.5, 0.6) is 11.5 Å². The summed E-state index contributed by atoms with van der Waals surface area (Å²) in [6.45, 7) is 12.8. The number of hydrogen-bond acceptors (Lipinski definition) is 5. The van der Waals surface area contributed by atoms with Crippen LogP contribution in [0, 0.1) is 0 Å². The SMILES string of the molecule is CCCOc1ccc(C(C)NNC(=O)OC(C)(C)C)cc1OCCC. The molecule has 0 aliphatic carbocycles. The summed E-state index contributed by atoms with van der Waals surface area (Å²) in [5, 5.41) is 0. The van der Waals surface area contributed by atoms with Crippen LogP contribution in [0.1, 0.15) is 66.0 Å². The van der Waals surface area contributed by atoms with Crippen molar-refractivity contribution in [2.24, 2.45) is 0 Å². The predicted octanol–water partition coefficient (Wildman–Crippen LogP) is 4.35. The Bertz CT molecular complexity index is 541. The smallest absolute Gasteiger partial charge is 0.422 e. The molecular formula is C19H32N2O4. The lowest BCUT2D eigenvalue weighted by molar-refractivity contribution is 0.0489. The third-order valence-electron chi connectivity index (χ3n) is 3.18. The molecule has 0 bridgehead atoms. The second-order valence-corrected chi connectivity index (χ2v) is 6.90. The van der Waals surface area contributed by atoms with Gasteiger partial charge in [0.2, 0.25) is 0 Å². The normalized spacial score (nSPS) is 12.4. The van der Waals surface area contributed by atoms with Crippen molar-refractivity contribution in [1.29, 1.82) is 0 Å². The standard InChI is InChI=1S/C19H32N2O4/c1-7-11-23-16-10-9-15(13-17(16)24-12-8-2)14(3)20-21-18(22)25-19(4,5)6/h9-10,13-14,20H,7-8,11-12H2,1-6H3,(H,21,22). The number of hydrogen-bond donors (Lipinski definition) is 2. The van der Waals surface area contributed by atoms with Crippen molar-refractivity contribution < 1.29 is 19.0 Å². The molecule has 1 unspecified atom stereocenters. The Morgan fingerprint density at radius 3 is 2.24 bits per heavy atom. The van der Waals surface area contributed by atoms with E-state index in [0.717, 1.165) is 29.9 Å². The molecular weight excluding hydrogens is 320 g/mol. The summed E-state index contributed by atoms with van der Waals surface area (Å²) < 4.78 is 16.7. The molecule has 0 aromatic heterocycles. The van der Waals surface area contributed by atoms with E-state index in [1.807, 2.05) is 45.9 Å². The van der Waals surface area contributed by atoms with Crippen LogP contribution in [0.3, 0.4) is 0 Å². The Morgan fingerprint density at radius 2 is 1.68 bits per heavy atom. The summed E-state index contributed by atoms with van der Waals surface area (Å²) >= 11 is 0. The lowest BCUT2D eigenvalue weighted by Gasteiger charge is -2.22. The fourth-order valence-corrected chi connectivity index (χ4v) is 2.00. The van der Waals surface area contributed by atoms with E-state index < -0.39 is 11.7 Å². The summed E-state index contributed by atoms with van der Waals surface area (Å²) in [7, 11) is 0. The Balaban J connectivity index is 2.73. The van der Waals surface area contributed by atoms with E-state index in [-0.39, 0.29) is 6.04 Å². The molecule has 0 saturated heterocycles. The van der Waals surface area contributed by atoms with Crippen molar-refractivity contribution in [3.63, 3.8) is 0 Å². The van der Waals surface area contributed by atoms with Crippen molar-refractivity contribution in [1.82, 2.24) is 10.9 Å². The fraction of sp³-hybridized carbons (Fsp3) is 0.632. The molecule has 25 heavy (non-hydrogen) atoms. The van der Waals surface area contributed by atoms with Gasteiger partial charge in [-0.2, -0.15) is 0 Å². The van der Waals surface area contributed by atoms with Gasteiger partial charge in [-0.25, -0.2) is 10.2 Å². The van der Waals surface area contributed by atoms with Gasteiger partial charge in [-0.05, 0) is 58.2 Å². The molecule has 0 radical (unpaired) electrons. The number of ether oxygens (including phenoxy) is 3. The van der Waals surface area contributed by atoms with Gasteiger partial charge in [0.15, 0.2) is 11.5 Å². The molecule has 0 saturated carbocycles. The van der Waals surface area contributed by atoms with Gasteiger partial charge in [0, 0.05) is 6.04 Å². The first-order valence-electron chi connectivity index (χ1n) is 8.90. The molecule has 0 spiro atoms. The maximum atomic E-state index is 11.7. The number of amides is 1. The monoisotopic (exact) mass is 352 g/mol. The summed E-state index contributed by atoms with van der Waals surface area (Å²) in [5.74, 6) is 1.46. The van der Waals surface area contributed by atoms with Crippen LogP contribution in [0.2, 0.25) is 0 Å². The molecule has 0 fully saturated rings. The van der Waals surface area contributed by atoms with Crippen LogP contribution >= 0.6 is 0 Å². The van der Waals surface area contributed by atoms with Crippen LogP contribution in [0.25, 0.3) is 0 Å². The maximum Gasteiger partial charge on any atom is 0.422 e. The zero-order valence-corrected chi connectivity index (χ0v) is 16.3. The topological polar surface area (TPSA) is 68.8 Å². The van der Waals surface area contributed by atoms with Gasteiger partial charge in [0.05, 0.1) is 13.2 Å². The highest BCUT2D eigenvalue weighted by molar-refractivity contribution is 5.67. The number of rotatable bonds is 9. The molecule has 1 amide bonds. The first-order chi connectivity index (χ1) is 11.8. The number of nitrogens with one attached hydrogen (secondary N) is 2. The molecule has 0 aliphatic rings. The average Bonchev–Trinajstić information content (AvgIpc) is 2.54. The zero-order chi connectivity index (χ0) is 18.9. The van der Waals surface area contributed by atoms with Crippen molar-refractivity contribution >= 4 is 6.09 Å². The zero-order valence-electron chi connectivity index (χ0n) is 16.3. The van der Waals surface area contributed by atoms with Crippen LogP contribution in [-0.2, 0) is 4.74 Å². The van der Waals surface area contributed by atoms with Crippen molar-refractivity contribution in [2.45, 2.75) is 66.0 Å². The van der Waals surface area contributed by atoms with Gasteiger partial charge in [-0.1, -0.05) is 19.9 Å². The molecule has 0 aliphatic heterocycles. The molecule has 6 nitrogen and oxygen atoms in total. The Kier molecular flexibility index (Phi) is 8.55. The summed E-state index contributed by atoms with van der Waals surface area (Å²) in [6, 6.07) is 5.69. The molecule has 2 N–H and O–H groups in total. The number of benzene rings is 1. The quantitative estimate of drug-likeness (QED) is 0.647. The average molecular weight is 352 g/mol. The van der Waals surface area contributed by atoms with Gasteiger partial charge in [0.1, 0.15) is 5.60 Å². The van der Waals surface area contributed by atoms with Crippen LogP contribution < -0.4 is 20.3 Å². The third-order valence-corrected chi connectivity index (χ3v) is 3.18. The minimum absolute atomic E-state index is 0.114. The molecule has 0 heterocycles. The number of carbonyl (C=O) groups excluding carboxylic acids is 1. The number of hydrazine groups is 1. The predicted molar refractivity (Wildman–Crippen MR) is 98.9 cm³/mol. The molecule has 1 aromatic rings. The van der Waals surface area contributed by atoms with E-state index in [0.29, 0.717) is 13.2 Å². The van der Waals surface area contributed by atoms with E-state index in [1.165, 1.54) is 0 Å².